The summed E-state index contributed by atoms with van der Waals surface area (Å²) in [6.07, 6.45) is 9.76. The second kappa shape index (κ2) is 7.78. The Labute approximate surface area is 192 Å². The van der Waals surface area contributed by atoms with E-state index in [1.54, 1.807) is 0 Å². The smallest absolute Gasteiger partial charge is 0.163 e. The molecule has 1 saturated carbocycles. The van der Waals surface area contributed by atoms with Crippen LogP contribution < -0.4 is 5.73 Å². The molecule has 1 saturated heterocycles. The quantitative estimate of drug-likeness (QED) is 0.482. The van der Waals surface area contributed by atoms with Crippen LogP contribution in [-0.4, -0.2) is 37.5 Å². The van der Waals surface area contributed by atoms with Crippen molar-refractivity contribution in [3.63, 3.8) is 0 Å². The van der Waals surface area contributed by atoms with Crippen molar-refractivity contribution in [1.29, 1.82) is 0 Å². The SMILES string of the molecule is CC1(C)O[C@@H]2[C@@H](CCCc3ccc4cccnc4c3)C[C@@H](n3ccc4c(N)ncnc43)[C@@H]2O1. The van der Waals surface area contributed by atoms with E-state index in [-0.39, 0.29) is 18.2 Å². The third-order valence-electron chi connectivity index (χ3n) is 7.16. The molecular weight excluding hydrogens is 414 g/mol. The number of nitrogens with two attached hydrogens (primary N) is 1. The monoisotopic (exact) mass is 443 g/mol. The van der Waals surface area contributed by atoms with Crippen LogP contribution in [0.5, 0.6) is 0 Å². The van der Waals surface area contributed by atoms with Crippen molar-refractivity contribution < 1.29 is 9.47 Å². The van der Waals surface area contributed by atoms with Gasteiger partial charge in [0.15, 0.2) is 5.79 Å². The summed E-state index contributed by atoms with van der Waals surface area (Å²) >= 11 is 0. The van der Waals surface area contributed by atoms with Crippen LogP contribution in [0.3, 0.4) is 0 Å². The largest absolute Gasteiger partial charge is 0.383 e. The minimum atomic E-state index is -0.576. The summed E-state index contributed by atoms with van der Waals surface area (Å²) in [7, 11) is 0. The molecule has 0 amide bonds. The van der Waals surface area contributed by atoms with Gasteiger partial charge in [0.2, 0.25) is 0 Å². The zero-order valence-corrected chi connectivity index (χ0v) is 19.0. The highest BCUT2D eigenvalue weighted by atomic mass is 16.8. The summed E-state index contributed by atoms with van der Waals surface area (Å²) in [5.41, 5.74) is 9.34. The number of hydrogen-bond donors (Lipinski definition) is 1. The van der Waals surface area contributed by atoms with Crippen LogP contribution in [-0.2, 0) is 15.9 Å². The van der Waals surface area contributed by atoms with Gasteiger partial charge >= 0.3 is 0 Å². The number of nitrogens with zero attached hydrogens (tertiary/aromatic N) is 4. The van der Waals surface area contributed by atoms with E-state index in [0.29, 0.717) is 11.7 Å². The third kappa shape index (κ3) is 3.65. The fraction of sp³-hybridized carbons (Fsp3) is 0.423. The van der Waals surface area contributed by atoms with Crippen molar-refractivity contribution in [1.82, 2.24) is 19.5 Å². The molecule has 3 aromatic heterocycles. The Bertz CT molecular complexity index is 1320. The summed E-state index contributed by atoms with van der Waals surface area (Å²) in [5.74, 6) is 0.364. The molecule has 0 spiro atoms. The lowest BCUT2D eigenvalue weighted by atomic mass is 9.96. The molecule has 4 atom stereocenters. The molecule has 2 N–H and O–H groups in total. The van der Waals surface area contributed by atoms with Crippen LogP contribution >= 0.6 is 0 Å². The van der Waals surface area contributed by atoms with E-state index in [1.165, 1.54) is 17.3 Å². The molecule has 1 aromatic carbocycles. The minimum absolute atomic E-state index is 0.00154. The highest BCUT2D eigenvalue weighted by Crippen LogP contribution is 2.49. The van der Waals surface area contributed by atoms with E-state index in [2.05, 4.69) is 50.0 Å². The molecule has 33 heavy (non-hydrogen) atoms. The van der Waals surface area contributed by atoms with Gasteiger partial charge in [-0.2, -0.15) is 0 Å². The lowest BCUT2D eigenvalue weighted by Crippen LogP contribution is -2.27. The fourth-order valence-corrected chi connectivity index (χ4v) is 5.71. The molecule has 7 nitrogen and oxygen atoms in total. The van der Waals surface area contributed by atoms with Gasteiger partial charge in [0.25, 0.3) is 0 Å². The lowest BCUT2D eigenvalue weighted by Gasteiger charge is -2.24. The predicted octanol–water partition coefficient (Wildman–Crippen LogP) is 4.67. The number of anilines is 1. The minimum Gasteiger partial charge on any atom is -0.383 e. The number of rotatable bonds is 5. The molecule has 2 fully saturated rings. The van der Waals surface area contributed by atoms with Gasteiger partial charge in [0, 0.05) is 17.8 Å². The van der Waals surface area contributed by atoms with Gasteiger partial charge in [-0.25, -0.2) is 9.97 Å². The lowest BCUT2D eigenvalue weighted by molar-refractivity contribution is -0.160. The van der Waals surface area contributed by atoms with Crippen molar-refractivity contribution in [2.45, 2.75) is 63.6 Å². The Kier molecular flexibility index (Phi) is 4.85. The van der Waals surface area contributed by atoms with E-state index in [0.717, 1.165) is 42.2 Å². The van der Waals surface area contributed by atoms with E-state index in [9.17, 15) is 0 Å². The molecule has 1 aliphatic heterocycles. The Hall–Kier alpha value is -3.03. The van der Waals surface area contributed by atoms with Crippen molar-refractivity contribution in [3.8, 4) is 0 Å². The summed E-state index contributed by atoms with van der Waals surface area (Å²) < 4.78 is 15.0. The van der Waals surface area contributed by atoms with Gasteiger partial charge in [-0.1, -0.05) is 18.2 Å². The standard InChI is InChI=1S/C26H29N5O2/c1-26(2)32-22-18(6-3-5-16-8-9-17-7-4-11-28-20(17)13-16)14-21(23(22)33-26)31-12-10-19-24(27)29-15-30-25(19)31/h4,7-13,15,18,21-23H,3,5-6,14H2,1-2H3,(H2,27,29,30)/t18-,21+,22+,23-/m0/s1. The Morgan fingerprint density at radius 3 is 2.88 bits per heavy atom. The number of aryl methyl sites for hydroxylation is 1. The van der Waals surface area contributed by atoms with E-state index >= 15 is 0 Å². The normalized spacial score (nSPS) is 26.2. The van der Waals surface area contributed by atoms with Gasteiger partial charge in [-0.05, 0) is 69.2 Å². The average Bonchev–Trinajstić information content (AvgIpc) is 3.46. The highest BCUT2D eigenvalue weighted by molar-refractivity contribution is 5.86. The maximum Gasteiger partial charge on any atom is 0.163 e. The van der Waals surface area contributed by atoms with Gasteiger partial charge in [0.1, 0.15) is 23.9 Å². The van der Waals surface area contributed by atoms with Crippen molar-refractivity contribution in [3.05, 3.63) is 60.7 Å². The van der Waals surface area contributed by atoms with Gasteiger partial charge in [-0.3, -0.25) is 4.98 Å². The molecule has 0 bridgehead atoms. The average molecular weight is 444 g/mol. The summed E-state index contributed by atoms with van der Waals surface area (Å²) in [6, 6.07) is 12.9. The summed E-state index contributed by atoms with van der Waals surface area (Å²) in [4.78, 5) is 13.1. The number of fused-ring (bicyclic) bond motifs is 3. The van der Waals surface area contributed by atoms with Crippen LogP contribution in [0.15, 0.2) is 55.1 Å². The number of nitrogen functional groups attached to an aromatic ring is 1. The molecule has 4 aromatic rings. The number of pyridine rings is 1. The van der Waals surface area contributed by atoms with E-state index < -0.39 is 5.79 Å². The van der Waals surface area contributed by atoms with Crippen LogP contribution in [0.1, 0.15) is 44.7 Å². The predicted molar refractivity (Wildman–Crippen MR) is 128 cm³/mol. The van der Waals surface area contributed by atoms with Crippen LogP contribution in [0.25, 0.3) is 21.9 Å². The van der Waals surface area contributed by atoms with Gasteiger partial charge < -0.3 is 19.8 Å². The summed E-state index contributed by atoms with van der Waals surface area (Å²) in [6.45, 7) is 4.02. The Morgan fingerprint density at radius 2 is 1.97 bits per heavy atom. The fourth-order valence-electron chi connectivity index (χ4n) is 5.71. The second-order valence-corrected chi connectivity index (χ2v) is 9.77. The molecule has 0 unspecified atom stereocenters. The topological polar surface area (TPSA) is 88.1 Å². The Morgan fingerprint density at radius 1 is 1.09 bits per heavy atom. The molecule has 0 radical (unpaired) electrons. The molecule has 4 heterocycles. The van der Waals surface area contributed by atoms with E-state index in [1.807, 2.05) is 32.2 Å². The first-order chi connectivity index (χ1) is 16.0. The van der Waals surface area contributed by atoms with Crippen LogP contribution in [0, 0.1) is 5.92 Å². The number of benzene rings is 1. The first-order valence-corrected chi connectivity index (χ1v) is 11.7. The maximum absolute atomic E-state index is 6.41. The Balaban J connectivity index is 1.21. The van der Waals surface area contributed by atoms with Crippen molar-refractivity contribution in [2.75, 3.05) is 5.73 Å². The zero-order valence-electron chi connectivity index (χ0n) is 19.0. The highest BCUT2D eigenvalue weighted by Gasteiger charge is 2.54. The number of ether oxygens (including phenoxy) is 2. The maximum atomic E-state index is 6.41. The molecule has 170 valence electrons. The van der Waals surface area contributed by atoms with Crippen molar-refractivity contribution >= 4 is 27.8 Å². The third-order valence-corrected chi connectivity index (χ3v) is 7.16. The molecule has 2 aliphatic rings. The molecular formula is C26H29N5O2. The first-order valence-electron chi connectivity index (χ1n) is 11.7. The van der Waals surface area contributed by atoms with Crippen molar-refractivity contribution in [2.24, 2.45) is 5.92 Å². The molecule has 6 rings (SSSR count). The summed E-state index contributed by atoms with van der Waals surface area (Å²) in [5, 5.41) is 2.07. The van der Waals surface area contributed by atoms with Crippen LogP contribution in [0.2, 0.25) is 0 Å². The van der Waals surface area contributed by atoms with E-state index in [4.69, 9.17) is 15.2 Å². The zero-order chi connectivity index (χ0) is 22.6. The number of hydrogen-bond acceptors (Lipinski definition) is 6. The first kappa shape index (κ1) is 20.6. The molecule has 1 aliphatic carbocycles. The second-order valence-electron chi connectivity index (χ2n) is 9.77. The number of aromatic nitrogens is 4. The van der Waals surface area contributed by atoms with Gasteiger partial charge in [-0.15, -0.1) is 0 Å². The molecule has 7 heteroatoms. The van der Waals surface area contributed by atoms with Gasteiger partial charge in [0.05, 0.1) is 23.0 Å². The van der Waals surface area contributed by atoms with Crippen LogP contribution in [0.4, 0.5) is 5.82 Å².